The predicted octanol–water partition coefficient (Wildman–Crippen LogP) is 3.26. The van der Waals surface area contributed by atoms with Gasteiger partial charge in [-0.1, -0.05) is 17.7 Å². The van der Waals surface area contributed by atoms with E-state index in [1.54, 1.807) is 19.2 Å². The summed E-state index contributed by atoms with van der Waals surface area (Å²) in [7, 11) is 1.55. The Kier molecular flexibility index (Phi) is 4.37. The maximum absolute atomic E-state index is 10.7. The highest BCUT2D eigenvalue weighted by Gasteiger charge is 2.11. The van der Waals surface area contributed by atoms with Gasteiger partial charge in [0.25, 0.3) is 5.69 Å². The van der Waals surface area contributed by atoms with E-state index in [1.807, 2.05) is 12.1 Å². The number of methoxy groups -OCH3 is 1. The number of rotatable bonds is 5. The summed E-state index contributed by atoms with van der Waals surface area (Å²) in [5, 5.41) is 13.8. The van der Waals surface area contributed by atoms with Crippen LogP contribution < -0.4 is 10.1 Å². The quantitative estimate of drug-likeness (QED) is 0.676. The van der Waals surface area contributed by atoms with Crippen molar-refractivity contribution in [1.82, 2.24) is 4.98 Å². The monoisotopic (exact) mass is 293 g/mol. The number of pyridine rings is 1. The van der Waals surface area contributed by atoms with Crippen LogP contribution in [-0.2, 0) is 6.54 Å². The third kappa shape index (κ3) is 3.36. The molecule has 2 aromatic rings. The van der Waals surface area contributed by atoms with Gasteiger partial charge in [0.1, 0.15) is 5.02 Å². The Bertz CT molecular complexity index is 634. The molecule has 0 spiro atoms. The SMILES string of the molecule is COc1cccc(CNc2ccc([N+](=O)[O-])c(Cl)c2)n1. The van der Waals surface area contributed by atoms with Crippen molar-refractivity contribution in [3.05, 3.63) is 57.2 Å². The van der Waals surface area contributed by atoms with Crippen LogP contribution in [0.5, 0.6) is 5.88 Å². The molecule has 20 heavy (non-hydrogen) atoms. The smallest absolute Gasteiger partial charge is 0.288 e. The summed E-state index contributed by atoms with van der Waals surface area (Å²) in [6.07, 6.45) is 0. The molecular formula is C13H12ClN3O3. The number of hydrogen-bond donors (Lipinski definition) is 1. The average Bonchev–Trinajstić information content (AvgIpc) is 2.45. The molecule has 7 heteroatoms. The van der Waals surface area contributed by atoms with Gasteiger partial charge in [-0.15, -0.1) is 0 Å². The minimum absolute atomic E-state index is 0.0959. The molecule has 1 aromatic carbocycles. The first-order valence-corrected chi connectivity index (χ1v) is 6.15. The fourth-order valence-electron chi connectivity index (χ4n) is 1.63. The molecule has 0 aliphatic heterocycles. The van der Waals surface area contributed by atoms with E-state index in [4.69, 9.17) is 16.3 Å². The molecule has 1 aromatic heterocycles. The van der Waals surface area contributed by atoms with Crippen molar-refractivity contribution in [2.24, 2.45) is 0 Å². The largest absolute Gasteiger partial charge is 0.481 e. The van der Waals surface area contributed by atoms with Crippen molar-refractivity contribution in [3.63, 3.8) is 0 Å². The summed E-state index contributed by atoms with van der Waals surface area (Å²) >= 11 is 5.84. The van der Waals surface area contributed by atoms with E-state index in [0.29, 0.717) is 18.1 Å². The summed E-state index contributed by atoms with van der Waals surface area (Å²) < 4.78 is 5.03. The number of nitro groups is 1. The number of nitro benzene ring substituents is 1. The number of halogens is 1. The molecule has 0 atom stereocenters. The molecule has 0 aliphatic rings. The molecule has 104 valence electrons. The first-order valence-electron chi connectivity index (χ1n) is 5.78. The number of aromatic nitrogens is 1. The summed E-state index contributed by atoms with van der Waals surface area (Å²) in [6, 6.07) is 9.92. The van der Waals surface area contributed by atoms with Gasteiger partial charge in [-0.3, -0.25) is 10.1 Å². The standard InChI is InChI=1S/C13H12ClN3O3/c1-20-13-4-2-3-10(16-13)8-15-9-5-6-12(17(18)19)11(14)7-9/h2-7,15H,8H2,1H3. The molecule has 0 radical (unpaired) electrons. The van der Waals surface area contributed by atoms with Crippen LogP contribution in [0.3, 0.4) is 0 Å². The van der Waals surface area contributed by atoms with Gasteiger partial charge in [0.15, 0.2) is 0 Å². The van der Waals surface area contributed by atoms with Crippen molar-refractivity contribution in [3.8, 4) is 5.88 Å². The van der Waals surface area contributed by atoms with Crippen molar-refractivity contribution in [2.75, 3.05) is 12.4 Å². The third-order valence-electron chi connectivity index (χ3n) is 2.61. The van der Waals surface area contributed by atoms with Crippen LogP contribution in [0.1, 0.15) is 5.69 Å². The minimum Gasteiger partial charge on any atom is -0.481 e. The van der Waals surface area contributed by atoms with Crippen LogP contribution in [0.25, 0.3) is 0 Å². The van der Waals surface area contributed by atoms with E-state index >= 15 is 0 Å². The number of benzene rings is 1. The molecule has 0 fully saturated rings. The van der Waals surface area contributed by atoms with Crippen molar-refractivity contribution >= 4 is 23.0 Å². The zero-order chi connectivity index (χ0) is 14.5. The normalized spacial score (nSPS) is 10.1. The van der Waals surface area contributed by atoms with Gasteiger partial charge in [0.05, 0.1) is 24.3 Å². The Hall–Kier alpha value is -2.34. The third-order valence-corrected chi connectivity index (χ3v) is 2.91. The van der Waals surface area contributed by atoms with Crippen molar-refractivity contribution < 1.29 is 9.66 Å². The second-order valence-corrected chi connectivity index (χ2v) is 4.36. The van der Waals surface area contributed by atoms with Crippen LogP contribution in [0.4, 0.5) is 11.4 Å². The number of nitrogens with one attached hydrogen (secondary N) is 1. The fourth-order valence-corrected chi connectivity index (χ4v) is 1.88. The molecule has 1 heterocycles. The summed E-state index contributed by atoms with van der Waals surface area (Å²) in [5.41, 5.74) is 1.36. The summed E-state index contributed by atoms with van der Waals surface area (Å²) in [4.78, 5) is 14.4. The average molecular weight is 294 g/mol. The van der Waals surface area contributed by atoms with E-state index in [1.165, 1.54) is 12.1 Å². The highest BCUT2D eigenvalue weighted by atomic mass is 35.5. The number of nitrogens with zero attached hydrogens (tertiary/aromatic N) is 2. The Labute approximate surface area is 120 Å². The Morgan fingerprint density at radius 3 is 2.85 bits per heavy atom. The fraction of sp³-hybridized carbons (Fsp3) is 0.154. The van der Waals surface area contributed by atoms with Crippen LogP contribution >= 0.6 is 11.6 Å². The van der Waals surface area contributed by atoms with Crippen LogP contribution in [-0.4, -0.2) is 17.0 Å². The van der Waals surface area contributed by atoms with Crippen LogP contribution in [0.15, 0.2) is 36.4 Å². The lowest BCUT2D eigenvalue weighted by molar-refractivity contribution is -0.384. The topological polar surface area (TPSA) is 77.3 Å². The van der Waals surface area contributed by atoms with Crippen LogP contribution in [0.2, 0.25) is 5.02 Å². The zero-order valence-corrected chi connectivity index (χ0v) is 11.4. The van der Waals surface area contributed by atoms with Crippen LogP contribution in [0, 0.1) is 10.1 Å². The summed E-state index contributed by atoms with van der Waals surface area (Å²) in [5.74, 6) is 0.533. The zero-order valence-electron chi connectivity index (χ0n) is 10.7. The van der Waals surface area contributed by atoms with Gasteiger partial charge in [-0.2, -0.15) is 0 Å². The summed E-state index contributed by atoms with van der Waals surface area (Å²) in [6.45, 7) is 0.464. The molecule has 0 aliphatic carbocycles. The highest BCUT2D eigenvalue weighted by molar-refractivity contribution is 6.32. The second-order valence-electron chi connectivity index (χ2n) is 3.95. The number of ether oxygens (including phenoxy) is 1. The van der Waals surface area contributed by atoms with E-state index in [0.717, 1.165) is 5.69 Å². The van der Waals surface area contributed by atoms with Crippen molar-refractivity contribution in [1.29, 1.82) is 0 Å². The van der Waals surface area contributed by atoms with Gasteiger partial charge < -0.3 is 10.1 Å². The van der Waals surface area contributed by atoms with E-state index in [-0.39, 0.29) is 10.7 Å². The maximum atomic E-state index is 10.7. The van der Waals surface area contributed by atoms with Gasteiger partial charge in [-0.25, -0.2) is 4.98 Å². The molecule has 0 bridgehead atoms. The predicted molar refractivity (Wildman–Crippen MR) is 76.2 cm³/mol. The molecule has 6 nitrogen and oxygen atoms in total. The number of hydrogen-bond acceptors (Lipinski definition) is 5. The Morgan fingerprint density at radius 1 is 1.40 bits per heavy atom. The lowest BCUT2D eigenvalue weighted by atomic mass is 10.2. The molecular weight excluding hydrogens is 282 g/mol. The lowest BCUT2D eigenvalue weighted by Gasteiger charge is -2.07. The van der Waals surface area contributed by atoms with Gasteiger partial charge in [-0.05, 0) is 18.2 Å². The van der Waals surface area contributed by atoms with Gasteiger partial charge in [0, 0.05) is 17.8 Å². The number of anilines is 1. The first kappa shape index (κ1) is 14.1. The van der Waals surface area contributed by atoms with E-state index < -0.39 is 4.92 Å². The van der Waals surface area contributed by atoms with Crippen molar-refractivity contribution in [2.45, 2.75) is 6.54 Å². The second kappa shape index (κ2) is 6.21. The highest BCUT2D eigenvalue weighted by Crippen LogP contribution is 2.27. The Morgan fingerprint density at radius 2 is 2.20 bits per heavy atom. The van der Waals surface area contributed by atoms with E-state index in [9.17, 15) is 10.1 Å². The first-order chi connectivity index (χ1) is 9.60. The Balaban J connectivity index is 2.07. The molecule has 0 saturated carbocycles. The van der Waals surface area contributed by atoms with Gasteiger partial charge in [0.2, 0.25) is 5.88 Å². The van der Waals surface area contributed by atoms with Gasteiger partial charge >= 0.3 is 0 Å². The molecule has 2 rings (SSSR count). The molecule has 0 saturated heterocycles. The molecule has 0 amide bonds. The molecule has 0 unspecified atom stereocenters. The van der Waals surface area contributed by atoms with E-state index in [2.05, 4.69) is 10.3 Å². The minimum atomic E-state index is -0.518. The lowest BCUT2D eigenvalue weighted by Crippen LogP contribution is -2.02. The maximum Gasteiger partial charge on any atom is 0.288 e. The molecule has 1 N–H and O–H groups in total.